The Morgan fingerprint density at radius 2 is 1.82 bits per heavy atom. The molecule has 22 heavy (non-hydrogen) atoms. The van der Waals surface area contributed by atoms with E-state index in [0.29, 0.717) is 11.8 Å². The molecule has 0 spiro atoms. The summed E-state index contributed by atoms with van der Waals surface area (Å²) in [5.74, 6) is 3.08. The molecule has 2 aliphatic rings. The Morgan fingerprint density at radius 1 is 1.09 bits per heavy atom. The highest BCUT2D eigenvalue weighted by atomic mass is 15.3. The molecule has 0 amide bonds. The monoisotopic (exact) mass is 304 g/mol. The number of fused-ring (bicyclic) bond motifs is 1. The van der Waals surface area contributed by atoms with Crippen LogP contribution in [0.3, 0.4) is 0 Å². The summed E-state index contributed by atoms with van der Waals surface area (Å²) < 4.78 is 0. The lowest BCUT2D eigenvalue weighted by atomic mass is 9.74. The smallest absolute Gasteiger partial charge is 0.0423 e. The first-order valence-corrected chi connectivity index (χ1v) is 9.65. The Kier molecular flexibility index (Phi) is 6.52. The van der Waals surface area contributed by atoms with Gasteiger partial charge in [0.25, 0.3) is 0 Å². The topological polar surface area (TPSA) is 24.4 Å². The number of rotatable bonds is 5. The van der Waals surface area contributed by atoms with Gasteiger partial charge in [-0.05, 0) is 56.4 Å². The first kappa shape index (κ1) is 17.6. The third-order valence-electron chi connectivity index (χ3n) is 6.32. The van der Waals surface area contributed by atoms with E-state index >= 15 is 0 Å². The maximum absolute atomic E-state index is 4.66. The van der Waals surface area contributed by atoms with Crippen molar-refractivity contribution in [2.24, 2.45) is 28.8 Å². The lowest BCUT2D eigenvalue weighted by Gasteiger charge is -2.35. The van der Waals surface area contributed by atoms with Crippen molar-refractivity contribution in [3.63, 3.8) is 0 Å². The van der Waals surface area contributed by atoms with Gasteiger partial charge >= 0.3 is 0 Å². The minimum absolute atomic E-state index is 0.620. The zero-order chi connectivity index (χ0) is 16.1. The molecule has 0 bridgehead atoms. The highest BCUT2D eigenvalue weighted by Crippen LogP contribution is 2.39. The quantitative estimate of drug-likeness (QED) is 0.672. The third-order valence-corrected chi connectivity index (χ3v) is 6.32. The molecule has 1 N–H and O–H groups in total. The Hall–Kier alpha value is -0.790. The molecule has 3 unspecified atom stereocenters. The van der Waals surface area contributed by atoms with E-state index in [1.54, 1.807) is 5.57 Å². The zero-order valence-corrected chi connectivity index (χ0v) is 15.4. The van der Waals surface area contributed by atoms with Crippen molar-refractivity contribution in [1.29, 1.82) is 0 Å². The molecule has 1 aliphatic carbocycles. The molecule has 1 fully saturated rings. The Bertz CT molecular complexity index is 417. The van der Waals surface area contributed by atoms with E-state index in [4.69, 9.17) is 0 Å². The molecule has 0 aromatic carbocycles. The van der Waals surface area contributed by atoms with Crippen LogP contribution in [0.5, 0.6) is 0 Å². The van der Waals surface area contributed by atoms with Crippen LogP contribution in [0.15, 0.2) is 16.4 Å². The van der Waals surface area contributed by atoms with Crippen molar-refractivity contribution >= 4 is 5.71 Å². The van der Waals surface area contributed by atoms with Crippen LogP contribution in [-0.4, -0.2) is 5.71 Å². The summed E-state index contributed by atoms with van der Waals surface area (Å²) in [4.78, 5) is 0. The summed E-state index contributed by atoms with van der Waals surface area (Å²) in [6.07, 6.45) is 10.5. The van der Waals surface area contributed by atoms with Crippen molar-refractivity contribution in [2.45, 2.75) is 86.0 Å². The van der Waals surface area contributed by atoms with Crippen LogP contribution in [0.4, 0.5) is 0 Å². The van der Waals surface area contributed by atoms with Gasteiger partial charge in [0.05, 0.1) is 0 Å². The van der Waals surface area contributed by atoms with Crippen LogP contribution in [0.25, 0.3) is 0 Å². The zero-order valence-electron chi connectivity index (χ0n) is 15.4. The molecule has 2 rings (SSSR count). The summed E-state index contributed by atoms with van der Waals surface area (Å²) in [6.45, 7) is 11.6. The average Bonchev–Trinajstić information content (AvgIpc) is 2.50. The highest BCUT2D eigenvalue weighted by Gasteiger charge is 2.30. The van der Waals surface area contributed by atoms with E-state index in [2.05, 4.69) is 45.1 Å². The van der Waals surface area contributed by atoms with Gasteiger partial charge in [0.15, 0.2) is 0 Å². The van der Waals surface area contributed by atoms with Crippen molar-refractivity contribution in [2.75, 3.05) is 0 Å². The van der Waals surface area contributed by atoms with Crippen LogP contribution in [0.1, 0.15) is 86.0 Å². The number of hydrogen-bond acceptors (Lipinski definition) is 2. The first-order chi connectivity index (χ1) is 10.6. The van der Waals surface area contributed by atoms with Gasteiger partial charge in [-0.1, -0.05) is 47.0 Å². The number of nitrogens with zero attached hydrogens (tertiary/aromatic N) is 1. The molecule has 1 heterocycles. The molecule has 3 atom stereocenters. The minimum Gasteiger partial charge on any atom is -0.282 e. The summed E-state index contributed by atoms with van der Waals surface area (Å²) >= 11 is 0. The van der Waals surface area contributed by atoms with Gasteiger partial charge in [-0.3, -0.25) is 5.43 Å². The van der Waals surface area contributed by atoms with E-state index in [1.807, 2.05) is 0 Å². The molecule has 2 nitrogen and oxygen atoms in total. The van der Waals surface area contributed by atoms with Crippen LogP contribution in [0.2, 0.25) is 0 Å². The molecule has 0 radical (unpaired) electrons. The molecule has 126 valence electrons. The van der Waals surface area contributed by atoms with Crippen molar-refractivity contribution in [3.05, 3.63) is 11.3 Å². The van der Waals surface area contributed by atoms with E-state index in [9.17, 15) is 0 Å². The normalized spacial score (nSPS) is 27.6. The lowest BCUT2D eigenvalue weighted by Crippen LogP contribution is -2.32. The summed E-state index contributed by atoms with van der Waals surface area (Å²) in [5.41, 5.74) is 7.94. The molecule has 1 aliphatic heterocycles. The predicted octanol–water partition coefficient (Wildman–Crippen LogP) is 5.90. The molecule has 1 saturated carbocycles. The molecule has 2 heteroatoms. The van der Waals surface area contributed by atoms with Crippen molar-refractivity contribution < 1.29 is 0 Å². The molecular formula is C20H36N2. The highest BCUT2D eigenvalue weighted by molar-refractivity contribution is 5.87. The van der Waals surface area contributed by atoms with Crippen LogP contribution in [-0.2, 0) is 0 Å². The largest absolute Gasteiger partial charge is 0.282 e. The second kappa shape index (κ2) is 8.17. The fraction of sp³-hybridized carbons (Fsp3) is 0.850. The number of hydrazone groups is 1. The maximum atomic E-state index is 4.66. The van der Waals surface area contributed by atoms with E-state index < -0.39 is 0 Å². The van der Waals surface area contributed by atoms with E-state index in [1.165, 1.54) is 62.8 Å². The number of hydrogen-bond donors (Lipinski definition) is 1. The summed E-state index contributed by atoms with van der Waals surface area (Å²) in [7, 11) is 0. The van der Waals surface area contributed by atoms with Gasteiger partial charge < -0.3 is 0 Å². The average molecular weight is 305 g/mol. The van der Waals surface area contributed by atoms with Gasteiger partial charge in [-0.15, -0.1) is 0 Å². The van der Waals surface area contributed by atoms with Crippen LogP contribution < -0.4 is 5.43 Å². The SMILES string of the molecule is CCC(CC)C1=C2CCC(C(C)CC)CCCC2C(C)=NN1. The third kappa shape index (κ3) is 3.75. The summed E-state index contributed by atoms with van der Waals surface area (Å²) in [6, 6.07) is 0. The molecular weight excluding hydrogens is 268 g/mol. The Balaban J connectivity index is 2.24. The van der Waals surface area contributed by atoms with E-state index in [-0.39, 0.29) is 0 Å². The first-order valence-electron chi connectivity index (χ1n) is 9.65. The van der Waals surface area contributed by atoms with Crippen molar-refractivity contribution in [3.8, 4) is 0 Å². The van der Waals surface area contributed by atoms with Gasteiger partial charge in [-0.25, -0.2) is 0 Å². The standard InChI is InChI=1S/C20H36N2/c1-6-14(4)17-10-9-11-18-15(5)21-22-20(16(7-2)8-3)19(18)13-12-17/h14,16-18,22H,6-13H2,1-5H3. The van der Waals surface area contributed by atoms with Crippen molar-refractivity contribution in [1.82, 2.24) is 5.43 Å². The fourth-order valence-corrected chi connectivity index (χ4v) is 4.45. The fourth-order valence-electron chi connectivity index (χ4n) is 4.45. The molecule has 0 aromatic rings. The second-order valence-corrected chi connectivity index (χ2v) is 7.49. The second-order valence-electron chi connectivity index (χ2n) is 7.49. The van der Waals surface area contributed by atoms with Crippen LogP contribution in [0, 0.1) is 23.7 Å². The minimum atomic E-state index is 0.620. The number of allylic oxidation sites excluding steroid dienone is 2. The van der Waals surface area contributed by atoms with Gasteiger partial charge in [0.1, 0.15) is 0 Å². The van der Waals surface area contributed by atoms with Gasteiger partial charge in [0.2, 0.25) is 0 Å². The maximum Gasteiger partial charge on any atom is 0.0423 e. The Morgan fingerprint density at radius 3 is 2.45 bits per heavy atom. The van der Waals surface area contributed by atoms with Gasteiger partial charge in [-0.2, -0.15) is 5.10 Å². The van der Waals surface area contributed by atoms with Crippen LogP contribution >= 0.6 is 0 Å². The molecule has 0 saturated heterocycles. The summed E-state index contributed by atoms with van der Waals surface area (Å²) in [5, 5.41) is 4.66. The van der Waals surface area contributed by atoms with Gasteiger partial charge in [0, 0.05) is 23.2 Å². The van der Waals surface area contributed by atoms with E-state index in [0.717, 1.165) is 11.8 Å². The number of nitrogens with one attached hydrogen (secondary N) is 1. The molecule has 0 aromatic heterocycles. The Labute approximate surface area is 137 Å². The predicted molar refractivity (Wildman–Crippen MR) is 96.9 cm³/mol. The lowest BCUT2D eigenvalue weighted by molar-refractivity contribution is 0.281.